The molecule has 8 fully saturated rings. The smallest absolute Gasteiger partial charge is 0.491 e. The summed E-state index contributed by atoms with van der Waals surface area (Å²) in [6, 6.07) is 31.4. The highest BCUT2D eigenvalue weighted by atomic mass is 35.5. The lowest BCUT2D eigenvalue weighted by molar-refractivity contribution is -0.189. The molecule has 0 amide bonds. The summed E-state index contributed by atoms with van der Waals surface area (Å²) in [7, 11) is 6.34. The van der Waals surface area contributed by atoms with Gasteiger partial charge in [0.15, 0.2) is 33.8 Å². The Labute approximate surface area is 738 Å². The first-order valence-electron chi connectivity index (χ1n) is 42.3. The maximum absolute atomic E-state index is 13.9. The number of alkyl halides is 3. The minimum atomic E-state index is -5.36. The molecule has 0 unspecified atom stereocenters. The number of pyridine rings is 4. The van der Waals surface area contributed by atoms with Gasteiger partial charge in [0, 0.05) is 127 Å². The van der Waals surface area contributed by atoms with Crippen LogP contribution in [0.5, 0.6) is 23.0 Å². The van der Waals surface area contributed by atoms with Gasteiger partial charge in [-0.15, -0.1) is 37.2 Å². The maximum Gasteiger partial charge on any atom is 0.491 e. The van der Waals surface area contributed by atoms with E-state index in [0.717, 1.165) is 119 Å². The summed E-state index contributed by atoms with van der Waals surface area (Å²) in [6.45, 7) is 15.6. The summed E-state index contributed by atoms with van der Waals surface area (Å²) in [4.78, 5) is 135. The number of H-pyrrole nitrogens is 4. The Balaban J connectivity index is 0.000000196. The van der Waals surface area contributed by atoms with Gasteiger partial charge < -0.3 is 96.2 Å². The standard InChI is InChI=1S/C46H56N6O7.C23H24F3N3O5.C22H27N3O4.3ClH/c1-5-32-38(26-12-17-31(18-13-26)52-22-29-9-7-8-20-46(29,25-52)24-50(3)4)48-42(54)36(40(32)53)45(58)59-41-33(6-2)39(49-43(55)37(41)44(56)57)27-10-15-30(16-11-27)51-21-28-14-19-35(47)34(28)23-51;1-2-14-18(28-20(30)17(21(31)32)19(14)34-22(33)23(24,25)26)11-3-6-13(7-4-11)29-9-12-5-8-16(27)15(12)10-29;1-3-15-19(24-21(27)18(20(15)26)22(28)29)12-4-7-14(8-5-12)25-10-13-6-9-17(23-2)16(13)11-25;;;/h10-13,15-18,28-29,34-35H,5-9,14,19-25,47H2,1-4H3,(H,49,55)(H,56,57)(H2,48,53,54);3-4,6-7,12,15-16H,2,5,8-10,27H2,1H3,(H,28,30)(H,31,32);4-5,7-8,13,16-17,23H,3,6,9-11H2,1-2H3,(H,28,29)(H2,24,26,27);3*1H/t28-,29-,34+,35+,46-;12-,15+,16-;13-,16+,17+;;;/m111.../s1. The Morgan fingerprint density at radius 1 is 0.472 bits per heavy atom. The fraction of sp³-hybridized carbons (Fsp3) is 0.462. The van der Waals surface area contributed by atoms with E-state index in [9.17, 15) is 81.9 Å². The number of nitrogens with zero attached hydrogens (tertiary/aromatic N) is 5. The van der Waals surface area contributed by atoms with Crippen molar-refractivity contribution in [1.82, 2.24) is 30.2 Å². The molecule has 11 atom stereocenters. The van der Waals surface area contributed by atoms with Crippen LogP contribution in [0.15, 0.2) is 116 Å². The van der Waals surface area contributed by atoms with E-state index < -0.39 is 104 Å². The van der Waals surface area contributed by atoms with Crippen LogP contribution in [0.25, 0.3) is 45.0 Å². The van der Waals surface area contributed by atoms with E-state index in [1.165, 1.54) is 38.5 Å². The quantitative estimate of drug-likeness (QED) is 0.0297. The van der Waals surface area contributed by atoms with Crippen molar-refractivity contribution in [1.29, 1.82) is 0 Å². The van der Waals surface area contributed by atoms with Crippen molar-refractivity contribution in [2.24, 2.45) is 58.3 Å². The van der Waals surface area contributed by atoms with Gasteiger partial charge in [-0.05, 0) is 210 Å². The number of carbonyl (C=O) groups excluding carboxylic acids is 2. The van der Waals surface area contributed by atoms with Gasteiger partial charge in [-0.25, -0.2) is 24.0 Å². The van der Waals surface area contributed by atoms with Gasteiger partial charge in [-0.2, -0.15) is 13.2 Å². The molecule has 4 aliphatic carbocycles. The molecule has 8 aliphatic rings. The summed E-state index contributed by atoms with van der Waals surface area (Å²) in [5.74, 6) is -7.02. The predicted octanol–water partition coefficient (Wildman–Crippen LogP) is 12.5. The largest absolute Gasteiger partial charge is 0.506 e. The highest BCUT2D eigenvalue weighted by molar-refractivity contribution is 5.99. The third-order valence-corrected chi connectivity index (χ3v) is 27.1. The van der Waals surface area contributed by atoms with Crippen LogP contribution in [0.4, 0.5) is 35.9 Å². The molecule has 4 saturated heterocycles. The van der Waals surface area contributed by atoms with Crippen molar-refractivity contribution < 1.29 is 72.2 Å². The van der Waals surface area contributed by atoms with Crippen LogP contribution in [0, 0.1) is 46.8 Å². The monoisotopic (exact) mass is 1790 g/mol. The van der Waals surface area contributed by atoms with Crippen LogP contribution in [0.3, 0.4) is 0 Å². The number of aromatic nitrogens is 4. The summed E-state index contributed by atoms with van der Waals surface area (Å²) >= 11 is 0. The molecule has 4 aliphatic heterocycles. The first-order valence-corrected chi connectivity index (χ1v) is 42.3. The number of anilines is 4. The van der Waals surface area contributed by atoms with Gasteiger partial charge in [-0.3, -0.25) is 19.2 Å². The molecule has 0 spiro atoms. The van der Waals surface area contributed by atoms with E-state index in [1.807, 2.05) is 98.9 Å². The number of hydrogen-bond acceptors (Lipinski definition) is 21. The fourth-order valence-corrected chi connectivity index (χ4v) is 21.0. The zero-order valence-electron chi connectivity index (χ0n) is 70.8. The normalized spacial score (nSPS) is 22.6. The topological polar surface area (TPSA) is 417 Å². The lowest BCUT2D eigenvalue weighted by atomic mass is 9.68. The number of halogens is 6. The Hall–Kier alpha value is -10.7. The van der Waals surface area contributed by atoms with Crippen molar-refractivity contribution in [2.75, 3.05) is 99.6 Å². The van der Waals surface area contributed by atoms with Crippen molar-refractivity contribution in [2.45, 2.75) is 142 Å². The number of carbonyl (C=O) groups is 5. The van der Waals surface area contributed by atoms with Crippen LogP contribution in [0.1, 0.15) is 156 Å². The van der Waals surface area contributed by atoms with Crippen LogP contribution in [-0.2, 0) is 30.5 Å². The van der Waals surface area contributed by atoms with Crippen LogP contribution in [0.2, 0.25) is 0 Å². The fourth-order valence-electron chi connectivity index (χ4n) is 21.0. The Kier molecular flexibility index (Phi) is 29.7. The number of nitrogens with one attached hydrogen (secondary N) is 5. The molecule has 16 rings (SSSR count). The first-order chi connectivity index (χ1) is 58.3. The summed E-state index contributed by atoms with van der Waals surface area (Å²) in [5.41, 5.74) is 14.8. The molecule has 4 aromatic carbocycles. The van der Waals surface area contributed by atoms with E-state index in [0.29, 0.717) is 92.9 Å². The van der Waals surface area contributed by atoms with Gasteiger partial charge >= 0.3 is 36.0 Å². The van der Waals surface area contributed by atoms with Gasteiger partial charge in [0.1, 0.15) is 11.5 Å². The zero-order chi connectivity index (χ0) is 87.2. The molecule has 28 nitrogen and oxygen atoms in total. The highest BCUT2D eigenvalue weighted by Gasteiger charge is 2.49. The number of ether oxygens (including phenoxy) is 2. The average Bonchev–Trinajstić information content (AvgIpc) is 1.63. The van der Waals surface area contributed by atoms with Gasteiger partial charge in [0.25, 0.3) is 22.2 Å². The lowest BCUT2D eigenvalue weighted by Crippen LogP contribution is -2.42. The molecular formula is C91H110Cl3F3N12O16. The Bertz CT molecular complexity index is 5580. The van der Waals surface area contributed by atoms with Crippen molar-refractivity contribution in [3.05, 3.63) is 183 Å². The van der Waals surface area contributed by atoms with Crippen molar-refractivity contribution >= 4 is 89.8 Å². The van der Waals surface area contributed by atoms with Crippen LogP contribution in [-0.4, -0.2) is 185 Å². The van der Waals surface area contributed by atoms with Gasteiger partial charge in [-0.1, -0.05) is 89.1 Å². The molecule has 4 aromatic heterocycles. The molecule has 125 heavy (non-hydrogen) atoms. The van der Waals surface area contributed by atoms with E-state index >= 15 is 0 Å². The third kappa shape index (κ3) is 18.9. The number of aromatic amines is 4. The van der Waals surface area contributed by atoms with E-state index in [1.54, 1.807) is 32.9 Å². The zero-order valence-corrected chi connectivity index (χ0v) is 73.2. The second kappa shape index (κ2) is 39.1. The van der Waals surface area contributed by atoms with E-state index in [-0.39, 0.29) is 90.8 Å². The van der Waals surface area contributed by atoms with Gasteiger partial charge in [0.2, 0.25) is 0 Å². The minimum Gasteiger partial charge on any atom is -0.506 e. The number of hydrogen-bond donors (Lipinski definition) is 12. The first kappa shape index (κ1) is 95.0. The van der Waals surface area contributed by atoms with Crippen LogP contribution < -0.4 is 68.1 Å². The number of carboxylic acid groups (broad SMARTS) is 3. The maximum atomic E-state index is 13.9. The second-order valence-electron chi connectivity index (χ2n) is 34.2. The number of carboxylic acids is 3. The number of nitrogens with two attached hydrogens (primary N) is 2. The summed E-state index contributed by atoms with van der Waals surface area (Å²) in [5, 5.41) is 54.1. The number of benzene rings is 4. The number of rotatable bonds is 21. The molecule has 14 N–H and O–H groups in total. The molecule has 8 heterocycles. The van der Waals surface area contributed by atoms with Crippen molar-refractivity contribution in [3.8, 4) is 68.0 Å². The molecular weight excluding hydrogens is 1680 g/mol. The molecule has 672 valence electrons. The molecule has 34 heteroatoms. The van der Waals surface area contributed by atoms with E-state index in [2.05, 4.69) is 68.6 Å². The number of esters is 2. The third-order valence-electron chi connectivity index (χ3n) is 27.1. The molecule has 0 bridgehead atoms. The Morgan fingerprint density at radius 2 is 0.824 bits per heavy atom. The number of aromatic hydroxyl groups is 2. The predicted molar refractivity (Wildman–Crippen MR) is 479 cm³/mol. The summed E-state index contributed by atoms with van der Waals surface area (Å²) < 4.78 is 48.6. The molecule has 0 radical (unpaired) electrons. The number of fused-ring (bicyclic) bond motifs is 4. The summed E-state index contributed by atoms with van der Waals surface area (Å²) in [6.07, 6.45) is 7.29. The van der Waals surface area contributed by atoms with Crippen molar-refractivity contribution in [3.63, 3.8) is 0 Å². The van der Waals surface area contributed by atoms with Crippen LogP contribution >= 0.6 is 37.2 Å². The van der Waals surface area contributed by atoms with E-state index in [4.69, 9.17) is 16.2 Å². The Morgan fingerprint density at radius 3 is 1.20 bits per heavy atom. The SMILES string of the molecule is CCc1c(-c2ccc(N3C[C@H]4CCCC[C@@]4(CN(C)C)C3)cc2)[nH]c(=O)c(C(=O)Oc2c(CC)c(-c3ccc(N4C[C@H]5CC[C@H](N)[C@H]5C4)cc3)[nH]c(=O)c2C(=O)O)c1O.CCc1c(-c2ccc(N3C[C@H]4CC[C@@H](N)[C@H]4C3)cc2)[nH]c(=O)c(C(=O)O)c1OC(=O)C(F)(F)F.CCc1c(-c2ccc(N3C[C@H]4CC[C@H](NC)[C@H]4C3)cc2)[nH]c(=O)c(C(=O)O)c1O.Cl.Cl.Cl. The highest BCUT2D eigenvalue weighted by Crippen LogP contribution is 2.50. The average molecular weight is 1790 g/mol. The second-order valence-corrected chi connectivity index (χ2v) is 34.2. The molecule has 8 aromatic rings. The lowest BCUT2D eigenvalue weighted by Gasteiger charge is -2.40. The molecule has 4 saturated carbocycles. The van der Waals surface area contributed by atoms with Gasteiger partial charge in [0.05, 0.1) is 22.8 Å². The minimum absolute atomic E-state index is 0. The number of aromatic carboxylic acids is 3.